The number of fused-ring (bicyclic) bond motifs is 1. The smallest absolute Gasteiger partial charge is 0.267 e. The van der Waals surface area contributed by atoms with E-state index >= 15 is 0 Å². The first-order valence-electron chi connectivity index (χ1n) is 7.21. The van der Waals surface area contributed by atoms with Crippen LogP contribution in [0.3, 0.4) is 0 Å². The molecule has 0 aliphatic carbocycles. The van der Waals surface area contributed by atoms with Gasteiger partial charge >= 0.3 is 0 Å². The number of nitrogens with one attached hydrogen (secondary N) is 2. The normalized spacial score (nSPS) is 12.1. The Morgan fingerprint density at radius 2 is 2.09 bits per heavy atom. The number of hydrogen-bond acceptors (Lipinski definition) is 3. The van der Waals surface area contributed by atoms with E-state index in [2.05, 4.69) is 15.3 Å². The molecule has 1 atom stereocenters. The maximum atomic E-state index is 12.2. The molecule has 2 aromatic carbocycles. The Kier molecular flexibility index (Phi) is 4.21. The number of H-pyrrole nitrogens is 1. The number of aryl methyl sites for hydroxylation is 1. The predicted octanol–water partition coefficient (Wildman–Crippen LogP) is 3.93. The van der Waals surface area contributed by atoms with Crippen molar-refractivity contribution in [1.29, 1.82) is 0 Å². The van der Waals surface area contributed by atoms with E-state index in [0.29, 0.717) is 16.7 Å². The summed E-state index contributed by atoms with van der Waals surface area (Å²) in [7, 11) is 0. The van der Waals surface area contributed by atoms with Gasteiger partial charge in [0, 0.05) is 5.02 Å². The van der Waals surface area contributed by atoms with E-state index in [1.807, 2.05) is 31.2 Å². The summed E-state index contributed by atoms with van der Waals surface area (Å²) in [6, 6.07) is 12.8. The first-order valence-corrected chi connectivity index (χ1v) is 7.59. The quantitative estimate of drug-likeness (QED) is 0.762. The lowest BCUT2D eigenvalue weighted by molar-refractivity contribution is -0.122. The topological polar surface area (TPSA) is 67.0 Å². The van der Waals surface area contributed by atoms with Crippen LogP contribution in [0.2, 0.25) is 5.02 Å². The number of nitrogens with zero attached hydrogens (tertiary/aromatic N) is 1. The van der Waals surface area contributed by atoms with Crippen molar-refractivity contribution in [3.8, 4) is 5.75 Å². The molecule has 2 N–H and O–H groups in total. The van der Waals surface area contributed by atoms with Gasteiger partial charge in [-0.15, -0.1) is 0 Å². The lowest BCUT2D eigenvalue weighted by atomic mass is 10.2. The second-order valence-electron chi connectivity index (χ2n) is 5.26. The second kappa shape index (κ2) is 6.30. The third kappa shape index (κ3) is 3.46. The third-order valence-corrected chi connectivity index (χ3v) is 3.87. The van der Waals surface area contributed by atoms with Gasteiger partial charge in [-0.3, -0.25) is 10.1 Å². The highest BCUT2D eigenvalue weighted by atomic mass is 35.5. The van der Waals surface area contributed by atoms with E-state index in [4.69, 9.17) is 16.3 Å². The van der Waals surface area contributed by atoms with Crippen molar-refractivity contribution in [3.63, 3.8) is 0 Å². The molecule has 6 heteroatoms. The summed E-state index contributed by atoms with van der Waals surface area (Å²) in [6.07, 6.45) is -0.663. The Morgan fingerprint density at radius 3 is 2.83 bits per heavy atom. The summed E-state index contributed by atoms with van der Waals surface area (Å²) in [5.74, 6) is 0.717. The molecule has 118 valence electrons. The summed E-state index contributed by atoms with van der Waals surface area (Å²) < 4.78 is 5.65. The number of halogens is 1. The number of amides is 1. The van der Waals surface area contributed by atoms with Crippen molar-refractivity contribution in [2.24, 2.45) is 0 Å². The molecule has 5 nitrogen and oxygen atoms in total. The maximum absolute atomic E-state index is 12.2. The predicted molar refractivity (Wildman–Crippen MR) is 91.0 cm³/mol. The Hall–Kier alpha value is -2.53. The van der Waals surface area contributed by atoms with E-state index in [0.717, 1.165) is 16.6 Å². The van der Waals surface area contributed by atoms with Gasteiger partial charge in [-0.2, -0.15) is 0 Å². The minimum absolute atomic E-state index is 0.281. The molecule has 0 aliphatic heterocycles. The lowest BCUT2D eigenvalue weighted by Gasteiger charge is -2.14. The fourth-order valence-electron chi connectivity index (χ4n) is 2.18. The highest BCUT2D eigenvalue weighted by Gasteiger charge is 2.16. The van der Waals surface area contributed by atoms with Gasteiger partial charge < -0.3 is 9.72 Å². The summed E-state index contributed by atoms with van der Waals surface area (Å²) >= 11 is 5.98. The van der Waals surface area contributed by atoms with Crippen LogP contribution in [0, 0.1) is 6.92 Å². The zero-order valence-corrected chi connectivity index (χ0v) is 13.5. The lowest BCUT2D eigenvalue weighted by Crippen LogP contribution is -2.30. The van der Waals surface area contributed by atoms with E-state index in [9.17, 15) is 4.79 Å². The number of hydrogen-bond donors (Lipinski definition) is 2. The van der Waals surface area contributed by atoms with Gasteiger partial charge in [0.2, 0.25) is 5.95 Å². The number of benzene rings is 2. The van der Waals surface area contributed by atoms with Crippen LogP contribution < -0.4 is 10.1 Å². The Labute approximate surface area is 138 Å². The standard InChI is InChI=1S/C17H16ClN3O2/c1-10-9-12(7-8-13(10)18)23-11(2)16(22)21-17-19-14-5-3-4-6-15(14)20-17/h3-9,11H,1-2H3,(H2,19,20,21,22). The number of aromatic amines is 1. The number of anilines is 1. The summed E-state index contributed by atoms with van der Waals surface area (Å²) in [5.41, 5.74) is 2.56. The Bertz CT molecular complexity index is 827. The van der Waals surface area contributed by atoms with Gasteiger partial charge in [-0.25, -0.2) is 4.98 Å². The van der Waals surface area contributed by atoms with Crippen molar-refractivity contribution in [2.45, 2.75) is 20.0 Å². The Morgan fingerprint density at radius 1 is 1.30 bits per heavy atom. The van der Waals surface area contributed by atoms with Crippen LogP contribution >= 0.6 is 11.6 Å². The fourth-order valence-corrected chi connectivity index (χ4v) is 2.30. The first-order chi connectivity index (χ1) is 11.0. The van der Waals surface area contributed by atoms with Crippen LogP contribution in [-0.2, 0) is 4.79 Å². The van der Waals surface area contributed by atoms with Crippen molar-refractivity contribution in [3.05, 3.63) is 53.1 Å². The van der Waals surface area contributed by atoms with E-state index in [1.54, 1.807) is 25.1 Å². The van der Waals surface area contributed by atoms with Crippen molar-refractivity contribution < 1.29 is 9.53 Å². The molecule has 0 bridgehead atoms. The highest BCUT2D eigenvalue weighted by Crippen LogP contribution is 2.22. The molecule has 23 heavy (non-hydrogen) atoms. The molecule has 0 fully saturated rings. The molecule has 0 saturated carbocycles. The molecule has 3 aromatic rings. The van der Waals surface area contributed by atoms with Crippen molar-refractivity contribution in [1.82, 2.24) is 9.97 Å². The van der Waals surface area contributed by atoms with Crippen LogP contribution in [0.1, 0.15) is 12.5 Å². The largest absolute Gasteiger partial charge is 0.481 e. The van der Waals surface area contributed by atoms with Crippen LogP contribution in [-0.4, -0.2) is 22.0 Å². The number of aromatic nitrogens is 2. The minimum Gasteiger partial charge on any atom is -0.481 e. The Balaban J connectivity index is 1.68. The van der Waals surface area contributed by atoms with E-state index in [-0.39, 0.29) is 5.91 Å². The molecule has 0 radical (unpaired) electrons. The molecule has 1 aromatic heterocycles. The maximum Gasteiger partial charge on any atom is 0.267 e. The molecule has 1 unspecified atom stereocenters. The molecular weight excluding hydrogens is 314 g/mol. The van der Waals surface area contributed by atoms with Crippen LogP contribution in [0.5, 0.6) is 5.75 Å². The molecular formula is C17H16ClN3O2. The molecule has 1 amide bonds. The van der Waals surface area contributed by atoms with Gasteiger partial charge in [-0.05, 0) is 49.7 Å². The summed E-state index contributed by atoms with van der Waals surface area (Å²) in [6.45, 7) is 3.57. The number of carbonyl (C=O) groups excluding carboxylic acids is 1. The third-order valence-electron chi connectivity index (χ3n) is 3.44. The average molecular weight is 330 g/mol. The van der Waals surface area contributed by atoms with E-state index < -0.39 is 6.10 Å². The molecule has 3 rings (SSSR count). The first kappa shape index (κ1) is 15.4. The number of para-hydroxylation sites is 2. The van der Waals surface area contributed by atoms with Gasteiger partial charge in [0.25, 0.3) is 5.91 Å². The SMILES string of the molecule is Cc1cc(OC(C)C(=O)Nc2nc3ccccc3[nH]2)ccc1Cl. The zero-order chi connectivity index (χ0) is 16.4. The van der Waals surface area contributed by atoms with Gasteiger partial charge in [0.15, 0.2) is 6.10 Å². The van der Waals surface area contributed by atoms with Gasteiger partial charge in [0.05, 0.1) is 11.0 Å². The number of imidazole rings is 1. The minimum atomic E-state index is -0.663. The van der Waals surface area contributed by atoms with Gasteiger partial charge in [-0.1, -0.05) is 23.7 Å². The number of carbonyl (C=O) groups is 1. The average Bonchev–Trinajstić information content (AvgIpc) is 2.93. The monoisotopic (exact) mass is 329 g/mol. The van der Waals surface area contributed by atoms with Crippen LogP contribution in [0.25, 0.3) is 11.0 Å². The van der Waals surface area contributed by atoms with Crippen LogP contribution in [0.4, 0.5) is 5.95 Å². The molecule has 0 saturated heterocycles. The summed E-state index contributed by atoms with van der Waals surface area (Å²) in [5, 5.41) is 3.38. The van der Waals surface area contributed by atoms with Crippen molar-refractivity contribution in [2.75, 3.05) is 5.32 Å². The fraction of sp³-hybridized carbons (Fsp3) is 0.176. The van der Waals surface area contributed by atoms with E-state index in [1.165, 1.54) is 0 Å². The number of rotatable bonds is 4. The zero-order valence-electron chi connectivity index (χ0n) is 12.8. The summed E-state index contributed by atoms with van der Waals surface area (Å²) in [4.78, 5) is 19.6. The van der Waals surface area contributed by atoms with Crippen molar-refractivity contribution >= 4 is 34.5 Å². The molecule has 0 aliphatic rings. The molecule has 1 heterocycles. The highest BCUT2D eigenvalue weighted by molar-refractivity contribution is 6.31. The van der Waals surface area contributed by atoms with Gasteiger partial charge in [0.1, 0.15) is 5.75 Å². The molecule has 0 spiro atoms. The number of ether oxygens (including phenoxy) is 1. The van der Waals surface area contributed by atoms with Crippen LogP contribution in [0.15, 0.2) is 42.5 Å². The second-order valence-corrected chi connectivity index (χ2v) is 5.67.